The summed E-state index contributed by atoms with van der Waals surface area (Å²) in [6.07, 6.45) is 6.23. The molecule has 1 aromatic heterocycles. The van der Waals surface area contributed by atoms with E-state index in [1.54, 1.807) is 31.1 Å². The number of nitrogens with one attached hydrogen (secondary N) is 2. The van der Waals surface area contributed by atoms with Crippen LogP contribution in [0.1, 0.15) is 23.6 Å². The Morgan fingerprint density at radius 3 is 2.65 bits per heavy atom. The molecule has 1 atom stereocenters. The van der Waals surface area contributed by atoms with E-state index < -0.39 is 6.04 Å². The van der Waals surface area contributed by atoms with Crippen molar-refractivity contribution in [3.8, 4) is 5.75 Å². The summed E-state index contributed by atoms with van der Waals surface area (Å²) in [4.78, 5) is 28.4. The second kappa shape index (κ2) is 10.7. The lowest BCUT2D eigenvalue weighted by Gasteiger charge is -2.13. The van der Waals surface area contributed by atoms with Crippen molar-refractivity contribution in [2.24, 2.45) is 0 Å². The maximum atomic E-state index is 12.4. The first kappa shape index (κ1) is 21.8. The summed E-state index contributed by atoms with van der Waals surface area (Å²) in [5, 5.41) is 9.61. The van der Waals surface area contributed by atoms with Crippen LogP contribution in [0.5, 0.6) is 5.75 Å². The normalized spacial score (nSPS) is 11.8. The maximum Gasteiger partial charge on any atom is 0.244 e. The average molecular weight is 419 g/mol. The molecule has 0 saturated heterocycles. The molecule has 8 heteroatoms. The highest BCUT2D eigenvalue weighted by Gasteiger charge is 2.14. The van der Waals surface area contributed by atoms with Crippen molar-refractivity contribution < 1.29 is 14.3 Å². The summed E-state index contributed by atoms with van der Waals surface area (Å²) in [6, 6.07) is 14.5. The van der Waals surface area contributed by atoms with Crippen LogP contribution in [-0.2, 0) is 22.7 Å². The first-order chi connectivity index (χ1) is 15.0. The zero-order chi connectivity index (χ0) is 22.1. The van der Waals surface area contributed by atoms with Crippen molar-refractivity contribution >= 4 is 17.9 Å². The van der Waals surface area contributed by atoms with Crippen molar-refractivity contribution in [1.29, 1.82) is 0 Å². The summed E-state index contributed by atoms with van der Waals surface area (Å²) in [5.74, 6) is 0.150. The van der Waals surface area contributed by atoms with Gasteiger partial charge in [0.05, 0.1) is 13.7 Å². The molecule has 0 aliphatic carbocycles. The number of carbonyl (C=O) groups excluding carboxylic acids is 2. The van der Waals surface area contributed by atoms with E-state index in [9.17, 15) is 9.59 Å². The number of nitrogens with zero attached hydrogens (tertiary/aromatic N) is 3. The molecule has 3 aromatic rings. The van der Waals surface area contributed by atoms with Gasteiger partial charge in [-0.25, -0.2) is 9.67 Å². The molecule has 0 aliphatic rings. The van der Waals surface area contributed by atoms with Gasteiger partial charge in [-0.15, -0.1) is 0 Å². The Hall–Kier alpha value is -3.94. The molecule has 3 rings (SSSR count). The van der Waals surface area contributed by atoms with Crippen LogP contribution in [0.2, 0.25) is 0 Å². The van der Waals surface area contributed by atoms with Crippen molar-refractivity contribution in [1.82, 2.24) is 25.4 Å². The number of benzene rings is 2. The van der Waals surface area contributed by atoms with E-state index >= 15 is 0 Å². The minimum Gasteiger partial charge on any atom is -0.497 e. The third-order valence-electron chi connectivity index (χ3n) is 4.56. The molecule has 0 bridgehead atoms. The molecule has 0 unspecified atom stereocenters. The van der Waals surface area contributed by atoms with Crippen molar-refractivity contribution in [3.63, 3.8) is 0 Å². The predicted octanol–water partition coefficient (Wildman–Crippen LogP) is 2.17. The van der Waals surface area contributed by atoms with E-state index in [4.69, 9.17) is 4.74 Å². The Balaban J connectivity index is 1.46. The fourth-order valence-corrected chi connectivity index (χ4v) is 2.90. The highest BCUT2D eigenvalue weighted by Crippen LogP contribution is 2.12. The van der Waals surface area contributed by atoms with E-state index in [-0.39, 0.29) is 11.8 Å². The number of amides is 2. The average Bonchev–Trinajstić information content (AvgIpc) is 3.29. The van der Waals surface area contributed by atoms with Gasteiger partial charge in [-0.1, -0.05) is 36.4 Å². The summed E-state index contributed by atoms with van der Waals surface area (Å²) in [6.45, 7) is 2.62. The van der Waals surface area contributed by atoms with Crippen molar-refractivity contribution in [3.05, 3.63) is 84.0 Å². The van der Waals surface area contributed by atoms with Crippen molar-refractivity contribution in [2.75, 3.05) is 7.11 Å². The van der Waals surface area contributed by atoms with Gasteiger partial charge in [0, 0.05) is 12.6 Å². The number of methoxy groups -OCH3 is 1. The number of rotatable bonds is 9. The third kappa shape index (κ3) is 6.81. The molecular weight excluding hydrogens is 394 g/mol. The summed E-state index contributed by atoms with van der Waals surface area (Å²) >= 11 is 0. The van der Waals surface area contributed by atoms with Crippen LogP contribution in [0.25, 0.3) is 6.08 Å². The van der Waals surface area contributed by atoms with Gasteiger partial charge in [0.25, 0.3) is 0 Å². The first-order valence-corrected chi connectivity index (χ1v) is 9.84. The molecule has 0 spiro atoms. The quantitative estimate of drug-likeness (QED) is 0.518. The Kier molecular flexibility index (Phi) is 7.53. The van der Waals surface area contributed by atoms with Gasteiger partial charge in [-0.3, -0.25) is 9.59 Å². The van der Waals surface area contributed by atoms with Gasteiger partial charge < -0.3 is 15.4 Å². The first-order valence-electron chi connectivity index (χ1n) is 9.84. The molecule has 160 valence electrons. The Morgan fingerprint density at radius 2 is 1.94 bits per heavy atom. The highest BCUT2D eigenvalue weighted by molar-refractivity contribution is 5.95. The maximum absolute atomic E-state index is 12.4. The number of hydrogen-bond donors (Lipinski definition) is 2. The van der Waals surface area contributed by atoms with Gasteiger partial charge in [-0.05, 0) is 41.8 Å². The minimum atomic E-state index is -0.661. The zero-order valence-corrected chi connectivity index (χ0v) is 17.5. The molecule has 1 heterocycles. The highest BCUT2D eigenvalue weighted by atomic mass is 16.5. The molecule has 31 heavy (non-hydrogen) atoms. The number of ether oxygens (including phenoxy) is 1. The SMILES string of the molecule is COc1ccc(/C=C\C(=O)N[C@H](C)C(=O)NCc2cccc(Cn3cncn3)c2)cc1. The van der Waals surface area contributed by atoms with Gasteiger partial charge in [0.2, 0.25) is 11.8 Å². The van der Waals surface area contributed by atoms with Gasteiger partial charge in [0.1, 0.15) is 24.4 Å². The van der Waals surface area contributed by atoms with Crippen LogP contribution in [0.15, 0.2) is 67.3 Å². The van der Waals surface area contributed by atoms with Gasteiger partial charge in [-0.2, -0.15) is 5.10 Å². The van der Waals surface area contributed by atoms with Crippen LogP contribution in [0.4, 0.5) is 0 Å². The largest absolute Gasteiger partial charge is 0.497 e. The van der Waals surface area contributed by atoms with Crippen molar-refractivity contribution in [2.45, 2.75) is 26.1 Å². The third-order valence-corrected chi connectivity index (χ3v) is 4.56. The van der Waals surface area contributed by atoms with Gasteiger partial charge in [0.15, 0.2) is 0 Å². The number of hydrogen-bond acceptors (Lipinski definition) is 5. The number of carbonyl (C=O) groups is 2. The molecule has 2 aromatic carbocycles. The van der Waals surface area contributed by atoms with Crippen LogP contribution in [0.3, 0.4) is 0 Å². The monoisotopic (exact) mass is 419 g/mol. The molecule has 0 saturated carbocycles. The molecule has 2 N–H and O–H groups in total. The zero-order valence-electron chi connectivity index (χ0n) is 17.5. The van der Waals surface area contributed by atoms with Crippen LogP contribution in [-0.4, -0.2) is 39.7 Å². The Labute approximate surface area is 181 Å². The van der Waals surface area contributed by atoms with Crippen LogP contribution < -0.4 is 15.4 Å². The summed E-state index contributed by atoms with van der Waals surface area (Å²) in [5.41, 5.74) is 2.88. The summed E-state index contributed by atoms with van der Waals surface area (Å²) in [7, 11) is 1.60. The molecular formula is C23H25N5O3. The second-order valence-electron chi connectivity index (χ2n) is 6.97. The Morgan fingerprint density at radius 1 is 1.16 bits per heavy atom. The Bertz CT molecular complexity index is 1030. The van der Waals surface area contributed by atoms with Crippen LogP contribution in [0, 0.1) is 0 Å². The smallest absolute Gasteiger partial charge is 0.244 e. The molecule has 0 fully saturated rings. The summed E-state index contributed by atoms with van der Waals surface area (Å²) < 4.78 is 6.84. The van der Waals surface area contributed by atoms with Crippen LogP contribution >= 0.6 is 0 Å². The van der Waals surface area contributed by atoms with Gasteiger partial charge >= 0.3 is 0 Å². The fraction of sp³-hybridized carbons (Fsp3) is 0.217. The minimum absolute atomic E-state index is 0.257. The number of aromatic nitrogens is 3. The van der Waals surface area contributed by atoms with E-state index in [2.05, 4.69) is 20.7 Å². The predicted molar refractivity (Wildman–Crippen MR) is 117 cm³/mol. The molecule has 2 amide bonds. The lowest BCUT2D eigenvalue weighted by atomic mass is 10.1. The van der Waals surface area contributed by atoms with E-state index in [1.807, 2.05) is 48.5 Å². The molecule has 0 aliphatic heterocycles. The van der Waals surface area contributed by atoms with E-state index in [0.29, 0.717) is 13.1 Å². The molecule has 0 radical (unpaired) electrons. The van der Waals surface area contributed by atoms with E-state index in [1.165, 1.54) is 12.4 Å². The second-order valence-corrected chi connectivity index (χ2v) is 6.97. The molecule has 8 nitrogen and oxygen atoms in total. The van der Waals surface area contributed by atoms with E-state index in [0.717, 1.165) is 22.4 Å². The standard InChI is InChI=1S/C23H25N5O3/c1-17(27-22(29)11-8-18-6-9-21(31-2)10-7-18)23(30)25-13-19-4-3-5-20(12-19)14-28-16-24-15-26-28/h3-12,15-17H,13-14H2,1-2H3,(H,25,30)(H,27,29)/b11-8-/t17-/m1/s1. The topological polar surface area (TPSA) is 98.1 Å². The fourth-order valence-electron chi connectivity index (χ4n) is 2.90. The lowest BCUT2D eigenvalue weighted by Crippen LogP contribution is -2.44. The lowest BCUT2D eigenvalue weighted by molar-refractivity contribution is -0.126.